The molecule has 1 spiro atoms. The van der Waals surface area contributed by atoms with Gasteiger partial charge in [0.2, 0.25) is 0 Å². The van der Waals surface area contributed by atoms with Gasteiger partial charge in [0.05, 0.1) is 12.7 Å². The Bertz CT molecular complexity index is 334. The third-order valence-electron chi connectivity index (χ3n) is 6.12. The van der Waals surface area contributed by atoms with Crippen LogP contribution in [0.25, 0.3) is 0 Å². The fourth-order valence-electron chi connectivity index (χ4n) is 4.01. The molecule has 3 nitrogen and oxygen atoms in total. The van der Waals surface area contributed by atoms with E-state index in [9.17, 15) is 0 Å². The van der Waals surface area contributed by atoms with Crippen molar-refractivity contribution in [2.75, 3.05) is 26.7 Å². The van der Waals surface area contributed by atoms with Crippen LogP contribution < -0.4 is 0 Å². The molecule has 0 bridgehead atoms. The number of ether oxygens (including phenoxy) is 2. The summed E-state index contributed by atoms with van der Waals surface area (Å²) in [7, 11) is 2.20. The molecule has 0 amide bonds. The van der Waals surface area contributed by atoms with Gasteiger partial charge >= 0.3 is 0 Å². The number of rotatable bonds is 7. The van der Waals surface area contributed by atoms with E-state index in [0.717, 1.165) is 38.3 Å². The molecule has 1 unspecified atom stereocenters. The average molecular weight is 312 g/mol. The maximum absolute atomic E-state index is 6.36. The molecule has 0 aromatic rings. The summed E-state index contributed by atoms with van der Waals surface area (Å²) in [6.45, 7) is 12.5. The molecule has 0 aromatic heterocycles. The summed E-state index contributed by atoms with van der Waals surface area (Å²) in [6.07, 6.45) is 8.56. The van der Waals surface area contributed by atoms with Crippen LogP contribution in [0, 0.1) is 11.3 Å². The Balaban J connectivity index is 1.76. The second-order valence-corrected chi connectivity index (χ2v) is 8.17. The van der Waals surface area contributed by atoms with Crippen LogP contribution >= 0.6 is 0 Å². The Kier molecular flexibility index (Phi) is 6.32. The normalized spacial score (nSPS) is 33.0. The Hall–Kier alpha value is -0.120. The van der Waals surface area contributed by atoms with Crippen molar-refractivity contribution < 1.29 is 9.47 Å². The number of hydrogen-bond donors (Lipinski definition) is 0. The van der Waals surface area contributed by atoms with Crippen LogP contribution in [0.1, 0.15) is 72.6 Å². The predicted molar refractivity (Wildman–Crippen MR) is 92.0 cm³/mol. The molecule has 3 heteroatoms. The molecule has 0 aromatic carbocycles. The third-order valence-corrected chi connectivity index (χ3v) is 6.12. The second-order valence-electron chi connectivity index (χ2n) is 8.17. The van der Waals surface area contributed by atoms with Crippen LogP contribution in [0.2, 0.25) is 0 Å². The van der Waals surface area contributed by atoms with Gasteiger partial charge in [-0.1, -0.05) is 34.1 Å². The highest BCUT2D eigenvalue weighted by Crippen LogP contribution is 2.47. The van der Waals surface area contributed by atoms with Gasteiger partial charge < -0.3 is 14.4 Å². The van der Waals surface area contributed by atoms with Crippen LogP contribution in [-0.4, -0.2) is 43.5 Å². The molecule has 1 atom stereocenters. The molecule has 2 aliphatic rings. The molecule has 1 saturated carbocycles. The summed E-state index contributed by atoms with van der Waals surface area (Å²) in [5.74, 6) is 0.582. The van der Waals surface area contributed by atoms with E-state index in [2.05, 4.69) is 39.6 Å². The highest BCUT2D eigenvalue weighted by Gasteiger charge is 2.46. The molecule has 1 aliphatic carbocycles. The van der Waals surface area contributed by atoms with Crippen molar-refractivity contribution in [2.45, 2.75) is 84.5 Å². The summed E-state index contributed by atoms with van der Waals surface area (Å²) < 4.78 is 12.5. The Morgan fingerprint density at radius 2 is 1.82 bits per heavy atom. The third kappa shape index (κ3) is 4.46. The Labute approximate surface area is 137 Å². The molecular formula is C19H37NO2. The fourth-order valence-corrected chi connectivity index (χ4v) is 4.01. The maximum atomic E-state index is 6.36. The monoisotopic (exact) mass is 311 g/mol. The molecule has 2 rings (SSSR count). The van der Waals surface area contributed by atoms with Crippen LogP contribution in [0.5, 0.6) is 0 Å². The van der Waals surface area contributed by atoms with Gasteiger partial charge in [0.1, 0.15) is 0 Å². The lowest BCUT2D eigenvalue weighted by Crippen LogP contribution is -2.39. The van der Waals surface area contributed by atoms with Crippen molar-refractivity contribution >= 4 is 0 Å². The van der Waals surface area contributed by atoms with Crippen molar-refractivity contribution in [3.8, 4) is 0 Å². The van der Waals surface area contributed by atoms with E-state index in [1.54, 1.807) is 0 Å². The first-order valence-corrected chi connectivity index (χ1v) is 9.41. The molecule has 1 saturated heterocycles. The highest BCUT2D eigenvalue weighted by molar-refractivity contribution is 4.89. The summed E-state index contributed by atoms with van der Waals surface area (Å²) in [5.41, 5.74) is 0.461. The molecule has 1 heterocycles. The highest BCUT2D eigenvalue weighted by atomic mass is 16.7. The van der Waals surface area contributed by atoms with Crippen LogP contribution in [-0.2, 0) is 9.47 Å². The largest absolute Gasteiger partial charge is 0.347 e. The molecule has 0 N–H and O–H groups in total. The average Bonchev–Trinajstić information content (AvgIpc) is 2.89. The van der Waals surface area contributed by atoms with Crippen LogP contribution in [0.3, 0.4) is 0 Å². The first kappa shape index (κ1) is 18.2. The van der Waals surface area contributed by atoms with Crippen molar-refractivity contribution in [1.29, 1.82) is 0 Å². The molecule has 130 valence electrons. The van der Waals surface area contributed by atoms with Gasteiger partial charge in [0.15, 0.2) is 5.79 Å². The SMILES string of the molecule is CCCN(C)CCC1COC2(CCC(C(C)(C)CC)CC2)O1. The van der Waals surface area contributed by atoms with Gasteiger partial charge in [-0.3, -0.25) is 0 Å². The van der Waals surface area contributed by atoms with E-state index in [1.807, 2.05) is 0 Å². The molecule has 2 fully saturated rings. The quantitative estimate of drug-likeness (QED) is 0.693. The van der Waals surface area contributed by atoms with Gasteiger partial charge in [-0.05, 0) is 50.6 Å². The van der Waals surface area contributed by atoms with Crippen molar-refractivity contribution in [1.82, 2.24) is 4.90 Å². The lowest BCUT2D eigenvalue weighted by Gasteiger charge is -2.42. The molecule has 1 aliphatic heterocycles. The predicted octanol–water partition coefficient (Wildman–Crippen LogP) is 4.46. The first-order valence-electron chi connectivity index (χ1n) is 9.41. The smallest absolute Gasteiger partial charge is 0.168 e. The van der Waals surface area contributed by atoms with Gasteiger partial charge in [-0.2, -0.15) is 0 Å². The number of hydrogen-bond acceptors (Lipinski definition) is 3. The topological polar surface area (TPSA) is 21.7 Å². The van der Waals surface area contributed by atoms with Crippen molar-refractivity contribution in [2.24, 2.45) is 11.3 Å². The zero-order valence-corrected chi connectivity index (χ0v) is 15.5. The standard InChI is InChI=1S/C19H37NO2/c1-6-13-20(5)14-10-17-15-21-19(22-17)11-8-16(9-12-19)18(3,4)7-2/h16-17H,6-15H2,1-5H3. The summed E-state index contributed by atoms with van der Waals surface area (Å²) in [5, 5.41) is 0. The zero-order chi connectivity index (χ0) is 16.2. The van der Waals surface area contributed by atoms with Gasteiger partial charge in [0, 0.05) is 19.4 Å². The lowest BCUT2D eigenvalue weighted by molar-refractivity contribution is -0.197. The van der Waals surface area contributed by atoms with Gasteiger partial charge in [-0.15, -0.1) is 0 Å². The van der Waals surface area contributed by atoms with E-state index in [-0.39, 0.29) is 5.79 Å². The van der Waals surface area contributed by atoms with Crippen LogP contribution in [0.15, 0.2) is 0 Å². The minimum atomic E-state index is -0.242. The van der Waals surface area contributed by atoms with Crippen molar-refractivity contribution in [3.05, 3.63) is 0 Å². The summed E-state index contributed by atoms with van der Waals surface area (Å²) in [6, 6.07) is 0. The van der Waals surface area contributed by atoms with Gasteiger partial charge in [0.25, 0.3) is 0 Å². The second kappa shape index (κ2) is 7.63. The summed E-state index contributed by atoms with van der Waals surface area (Å²) in [4.78, 5) is 2.40. The lowest BCUT2D eigenvalue weighted by atomic mass is 9.68. The molecule has 22 heavy (non-hydrogen) atoms. The van der Waals surface area contributed by atoms with Crippen molar-refractivity contribution in [3.63, 3.8) is 0 Å². The van der Waals surface area contributed by atoms with Gasteiger partial charge in [-0.25, -0.2) is 0 Å². The number of nitrogens with zero attached hydrogens (tertiary/aromatic N) is 1. The van der Waals surface area contributed by atoms with Crippen LogP contribution in [0.4, 0.5) is 0 Å². The Morgan fingerprint density at radius 3 is 2.41 bits per heavy atom. The zero-order valence-electron chi connectivity index (χ0n) is 15.5. The minimum Gasteiger partial charge on any atom is -0.347 e. The first-order chi connectivity index (χ1) is 10.4. The van der Waals surface area contributed by atoms with E-state index in [0.29, 0.717) is 11.5 Å². The van der Waals surface area contributed by atoms with E-state index < -0.39 is 0 Å². The van der Waals surface area contributed by atoms with E-state index in [1.165, 1.54) is 32.2 Å². The van der Waals surface area contributed by atoms with E-state index in [4.69, 9.17) is 9.47 Å². The summed E-state index contributed by atoms with van der Waals surface area (Å²) >= 11 is 0. The fraction of sp³-hybridized carbons (Fsp3) is 1.00. The minimum absolute atomic E-state index is 0.242. The maximum Gasteiger partial charge on any atom is 0.168 e. The Morgan fingerprint density at radius 1 is 1.14 bits per heavy atom. The molecular weight excluding hydrogens is 274 g/mol. The molecule has 0 radical (unpaired) electrons. The van der Waals surface area contributed by atoms with E-state index >= 15 is 0 Å².